The molecule has 9 nitrogen and oxygen atoms in total. The van der Waals surface area contributed by atoms with Crippen molar-refractivity contribution < 1.29 is 43.6 Å². The zero-order chi connectivity index (χ0) is 19.7. The van der Waals surface area contributed by atoms with Gasteiger partial charge in [-0.3, -0.25) is 19.2 Å². The Hall–Kier alpha value is -2.16. The van der Waals surface area contributed by atoms with Gasteiger partial charge in [0.1, 0.15) is 6.10 Å². The molecule has 0 radical (unpaired) electrons. The maximum atomic E-state index is 10.7. The van der Waals surface area contributed by atoms with Crippen LogP contribution in [0.5, 0.6) is 0 Å². The van der Waals surface area contributed by atoms with E-state index in [4.69, 9.17) is 34.0 Å². The Morgan fingerprint density at radius 2 is 1.25 bits per heavy atom. The van der Waals surface area contributed by atoms with Crippen molar-refractivity contribution in [2.24, 2.45) is 0 Å². The fourth-order valence-electron chi connectivity index (χ4n) is 1.34. The van der Waals surface area contributed by atoms with Crippen LogP contribution in [0.3, 0.4) is 0 Å². The number of carboxylic acid groups (broad SMARTS) is 2. The van der Waals surface area contributed by atoms with Crippen LogP contribution in [0.4, 0.5) is 0 Å². The average molecular weight is 352 g/mol. The van der Waals surface area contributed by atoms with Crippen molar-refractivity contribution in [2.45, 2.75) is 66.8 Å². The van der Waals surface area contributed by atoms with E-state index >= 15 is 0 Å². The first-order valence-corrected chi connectivity index (χ1v) is 7.39. The minimum absolute atomic E-state index is 0.203. The van der Waals surface area contributed by atoms with Gasteiger partial charge in [0.05, 0.1) is 6.61 Å². The molecule has 0 aliphatic carbocycles. The van der Waals surface area contributed by atoms with E-state index in [1.807, 2.05) is 13.8 Å². The van der Waals surface area contributed by atoms with Gasteiger partial charge in [0.25, 0.3) is 11.9 Å². The summed E-state index contributed by atoms with van der Waals surface area (Å²) in [4.78, 5) is 39.3. The largest absolute Gasteiger partial charge is 0.481 e. The topological polar surface area (TPSA) is 136 Å². The third-order valence-electron chi connectivity index (χ3n) is 1.83. The molecule has 0 spiro atoms. The van der Waals surface area contributed by atoms with E-state index in [2.05, 4.69) is 0 Å². The molecule has 1 saturated heterocycles. The van der Waals surface area contributed by atoms with E-state index in [1.54, 1.807) is 0 Å². The molecule has 0 aromatic heterocycles. The maximum Gasteiger partial charge on any atom is 0.304 e. The van der Waals surface area contributed by atoms with E-state index in [9.17, 15) is 9.59 Å². The lowest BCUT2D eigenvalue weighted by Gasteiger charge is -2.28. The predicted octanol–water partition coefficient (Wildman–Crippen LogP) is 1.83. The Labute approximate surface area is 141 Å². The zero-order valence-corrected chi connectivity index (χ0v) is 15.0. The molecule has 0 bridgehead atoms. The molecular weight excluding hydrogens is 324 g/mol. The number of carbonyl (C=O) groups excluding carboxylic acids is 2. The van der Waals surface area contributed by atoms with E-state index in [-0.39, 0.29) is 12.1 Å². The summed E-state index contributed by atoms with van der Waals surface area (Å²) in [5.41, 5.74) is 0. The predicted molar refractivity (Wildman–Crippen MR) is 84.3 cm³/mol. The monoisotopic (exact) mass is 352 g/mol. The van der Waals surface area contributed by atoms with Gasteiger partial charge in [0.15, 0.2) is 0 Å². The molecule has 0 aromatic carbocycles. The first-order valence-electron chi connectivity index (χ1n) is 7.39. The van der Waals surface area contributed by atoms with Crippen molar-refractivity contribution in [3.8, 4) is 0 Å². The number of ether oxygens (including phenoxy) is 3. The summed E-state index contributed by atoms with van der Waals surface area (Å²) in [5.74, 6) is -2.38. The highest BCUT2D eigenvalue weighted by atomic mass is 16.7. The second kappa shape index (κ2) is 17.2. The Bertz CT molecular complexity index is 337. The van der Waals surface area contributed by atoms with Gasteiger partial charge < -0.3 is 24.4 Å². The molecule has 24 heavy (non-hydrogen) atoms. The van der Waals surface area contributed by atoms with Crippen molar-refractivity contribution in [1.29, 1.82) is 0 Å². The normalized spacial score (nSPS) is 17.9. The minimum atomic E-state index is -0.833. The first kappa shape index (κ1) is 26.7. The molecule has 142 valence electrons. The molecule has 1 rings (SSSR count). The van der Waals surface area contributed by atoms with E-state index in [0.717, 1.165) is 13.8 Å². The van der Waals surface area contributed by atoms with Crippen molar-refractivity contribution in [3.05, 3.63) is 0 Å². The van der Waals surface area contributed by atoms with Crippen molar-refractivity contribution in [2.75, 3.05) is 6.61 Å². The summed E-state index contributed by atoms with van der Waals surface area (Å²) >= 11 is 0. The van der Waals surface area contributed by atoms with Crippen LogP contribution in [0.2, 0.25) is 0 Å². The minimum Gasteiger partial charge on any atom is -0.481 e. The van der Waals surface area contributed by atoms with Gasteiger partial charge in [-0.1, -0.05) is 13.8 Å². The number of hydrogen-bond donors (Lipinski definition) is 2. The van der Waals surface area contributed by atoms with Crippen LogP contribution >= 0.6 is 0 Å². The van der Waals surface area contributed by atoms with Gasteiger partial charge in [-0.2, -0.15) is 0 Å². The smallest absolute Gasteiger partial charge is 0.304 e. The van der Waals surface area contributed by atoms with Gasteiger partial charge in [0.2, 0.25) is 6.29 Å². The van der Waals surface area contributed by atoms with Crippen molar-refractivity contribution >= 4 is 23.9 Å². The standard InChI is InChI=1S/C9H14O5.2C2H4O2.C2H6/c1-6(10)13-8-3-4-12-9(5-8)14-7(2)11;2*1-2(3)4;1-2/h8-9H,3-5H2,1-2H3;2*1H3,(H,3,4);1-2H3. The van der Waals surface area contributed by atoms with E-state index in [0.29, 0.717) is 19.4 Å². The summed E-state index contributed by atoms with van der Waals surface area (Å²) in [7, 11) is 0. The zero-order valence-electron chi connectivity index (χ0n) is 15.0. The van der Waals surface area contributed by atoms with E-state index in [1.165, 1.54) is 13.8 Å². The van der Waals surface area contributed by atoms with Crippen LogP contribution in [-0.4, -0.2) is 53.1 Å². The SMILES string of the molecule is CC.CC(=O)O.CC(=O)O.CC(=O)OC1CCOC(OC(C)=O)C1. The number of rotatable bonds is 2. The molecule has 0 amide bonds. The lowest BCUT2D eigenvalue weighted by atomic mass is 10.1. The Balaban J connectivity index is -0.000000367. The lowest BCUT2D eigenvalue weighted by molar-refractivity contribution is -0.199. The van der Waals surface area contributed by atoms with Gasteiger partial charge >= 0.3 is 11.9 Å². The van der Waals surface area contributed by atoms with Gasteiger partial charge in [0, 0.05) is 40.5 Å². The average Bonchev–Trinajstić information content (AvgIpc) is 2.38. The third kappa shape index (κ3) is 28.1. The molecule has 2 N–H and O–H groups in total. The number of aliphatic carboxylic acids is 2. The summed E-state index contributed by atoms with van der Waals surface area (Å²) in [5, 5.41) is 14.8. The van der Waals surface area contributed by atoms with Gasteiger partial charge in [-0.25, -0.2) is 0 Å². The molecule has 2 atom stereocenters. The highest BCUT2D eigenvalue weighted by Crippen LogP contribution is 2.17. The highest BCUT2D eigenvalue weighted by molar-refractivity contribution is 5.66. The van der Waals surface area contributed by atoms with Crippen molar-refractivity contribution in [1.82, 2.24) is 0 Å². The molecular formula is C15H28O9. The summed E-state index contributed by atoms with van der Waals surface area (Å²) in [6.45, 7) is 9.28. The van der Waals surface area contributed by atoms with Crippen LogP contribution in [0.1, 0.15) is 54.4 Å². The summed E-state index contributed by atoms with van der Waals surface area (Å²) in [6.07, 6.45) is 0.285. The van der Waals surface area contributed by atoms with Crippen molar-refractivity contribution in [3.63, 3.8) is 0 Å². The second-order valence-electron chi connectivity index (χ2n) is 4.20. The quantitative estimate of drug-likeness (QED) is 0.713. The fourth-order valence-corrected chi connectivity index (χ4v) is 1.34. The molecule has 1 heterocycles. The number of esters is 2. The molecule has 2 unspecified atom stereocenters. The molecule has 1 aliphatic rings. The number of carbonyl (C=O) groups is 4. The Morgan fingerprint density at radius 3 is 1.58 bits per heavy atom. The lowest BCUT2D eigenvalue weighted by Crippen LogP contribution is -2.34. The van der Waals surface area contributed by atoms with Crippen LogP contribution < -0.4 is 0 Å². The maximum absolute atomic E-state index is 10.7. The second-order valence-corrected chi connectivity index (χ2v) is 4.20. The molecule has 9 heteroatoms. The molecule has 1 fully saturated rings. The highest BCUT2D eigenvalue weighted by Gasteiger charge is 2.26. The van der Waals surface area contributed by atoms with Crippen LogP contribution in [0, 0.1) is 0 Å². The fraction of sp³-hybridized carbons (Fsp3) is 0.733. The first-order chi connectivity index (χ1) is 11.0. The molecule has 1 aliphatic heterocycles. The van der Waals surface area contributed by atoms with Gasteiger partial charge in [-0.15, -0.1) is 0 Å². The number of hydrogen-bond acceptors (Lipinski definition) is 7. The molecule has 0 saturated carbocycles. The van der Waals surface area contributed by atoms with Gasteiger partial charge in [-0.05, 0) is 0 Å². The van der Waals surface area contributed by atoms with Crippen LogP contribution in [0.15, 0.2) is 0 Å². The van der Waals surface area contributed by atoms with Crippen LogP contribution in [-0.2, 0) is 33.4 Å². The Kier molecular flexibility index (Phi) is 19.1. The van der Waals surface area contributed by atoms with Crippen LogP contribution in [0.25, 0.3) is 0 Å². The number of carboxylic acids is 2. The summed E-state index contributed by atoms with van der Waals surface area (Å²) < 4.78 is 15.0. The summed E-state index contributed by atoms with van der Waals surface area (Å²) in [6, 6.07) is 0. The Morgan fingerprint density at radius 1 is 0.875 bits per heavy atom. The molecule has 0 aromatic rings. The third-order valence-corrected chi connectivity index (χ3v) is 1.83. The van der Waals surface area contributed by atoms with E-state index < -0.39 is 24.2 Å².